The minimum absolute atomic E-state index is 0.0354. The standard InChI is InChI=1S/C11H24N2O3S/c1-10(2)12-6-4-8-17(14,15)13-11-5-3-7-16-9-11/h10-13H,3-9H2,1-2H3. The average molecular weight is 264 g/mol. The van der Waals surface area contributed by atoms with Crippen LogP contribution in [-0.2, 0) is 14.8 Å². The fourth-order valence-corrected chi connectivity index (χ4v) is 3.14. The Morgan fingerprint density at radius 3 is 2.76 bits per heavy atom. The van der Waals surface area contributed by atoms with Crippen molar-refractivity contribution in [2.75, 3.05) is 25.5 Å². The maximum Gasteiger partial charge on any atom is 0.211 e. The molecular weight excluding hydrogens is 240 g/mol. The molecular formula is C11H24N2O3S. The molecule has 0 saturated carbocycles. The first-order chi connectivity index (χ1) is 7.99. The van der Waals surface area contributed by atoms with E-state index in [2.05, 4.69) is 10.0 Å². The van der Waals surface area contributed by atoms with Crippen molar-refractivity contribution in [3.63, 3.8) is 0 Å². The summed E-state index contributed by atoms with van der Waals surface area (Å²) in [5, 5.41) is 3.20. The van der Waals surface area contributed by atoms with Crippen molar-refractivity contribution in [2.45, 2.75) is 45.2 Å². The Balaban J connectivity index is 2.20. The highest BCUT2D eigenvalue weighted by Gasteiger charge is 2.20. The molecule has 1 atom stereocenters. The second kappa shape index (κ2) is 7.31. The predicted octanol–water partition coefficient (Wildman–Crippen LogP) is 0.473. The number of nitrogens with one attached hydrogen (secondary N) is 2. The summed E-state index contributed by atoms with van der Waals surface area (Å²) >= 11 is 0. The molecule has 0 aromatic heterocycles. The minimum Gasteiger partial charge on any atom is -0.380 e. The van der Waals surface area contributed by atoms with E-state index in [1.807, 2.05) is 13.8 Å². The Kier molecular flexibility index (Phi) is 6.40. The molecule has 2 N–H and O–H groups in total. The van der Waals surface area contributed by atoms with Gasteiger partial charge in [0.1, 0.15) is 0 Å². The van der Waals surface area contributed by atoms with E-state index in [0.29, 0.717) is 19.1 Å². The normalized spacial score (nSPS) is 21.9. The highest BCUT2D eigenvalue weighted by molar-refractivity contribution is 7.89. The van der Waals surface area contributed by atoms with Crippen molar-refractivity contribution in [1.82, 2.24) is 10.0 Å². The molecule has 1 fully saturated rings. The largest absolute Gasteiger partial charge is 0.380 e. The van der Waals surface area contributed by atoms with Crippen LogP contribution in [-0.4, -0.2) is 46.0 Å². The van der Waals surface area contributed by atoms with Crippen LogP contribution in [0.5, 0.6) is 0 Å². The smallest absolute Gasteiger partial charge is 0.211 e. The first kappa shape index (κ1) is 14.9. The molecule has 1 unspecified atom stereocenters. The monoisotopic (exact) mass is 264 g/mol. The molecule has 1 rings (SSSR count). The summed E-state index contributed by atoms with van der Waals surface area (Å²) in [6, 6.07) is 0.365. The van der Waals surface area contributed by atoms with Crippen LogP contribution < -0.4 is 10.0 Å². The average Bonchev–Trinajstić information content (AvgIpc) is 2.25. The number of sulfonamides is 1. The molecule has 1 aliphatic rings. The number of hydrogen-bond acceptors (Lipinski definition) is 4. The Bertz CT molecular complexity index is 298. The third kappa shape index (κ3) is 6.98. The molecule has 1 heterocycles. The van der Waals surface area contributed by atoms with Gasteiger partial charge in [-0.15, -0.1) is 0 Å². The van der Waals surface area contributed by atoms with E-state index in [9.17, 15) is 8.42 Å². The summed E-state index contributed by atoms with van der Waals surface area (Å²) in [6.07, 6.45) is 2.45. The summed E-state index contributed by atoms with van der Waals surface area (Å²) < 4.78 is 31.4. The molecule has 0 amide bonds. The van der Waals surface area contributed by atoms with Crippen molar-refractivity contribution in [3.05, 3.63) is 0 Å². The molecule has 0 aromatic rings. The summed E-state index contributed by atoms with van der Waals surface area (Å²) in [6.45, 7) is 6.08. The number of ether oxygens (including phenoxy) is 1. The lowest BCUT2D eigenvalue weighted by Crippen LogP contribution is -2.42. The zero-order chi connectivity index (χ0) is 12.7. The maximum absolute atomic E-state index is 11.7. The van der Waals surface area contributed by atoms with Gasteiger partial charge in [0.15, 0.2) is 0 Å². The van der Waals surface area contributed by atoms with Crippen LogP contribution >= 0.6 is 0 Å². The van der Waals surface area contributed by atoms with Crippen LogP contribution in [0.3, 0.4) is 0 Å². The van der Waals surface area contributed by atoms with Gasteiger partial charge in [0.2, 0.25) is 10.0 Å². The Labute approximate surface area is 104 Å². The first-order valence-electron chi connectivity index (χ1n) is 6.31. The molecule has 17 heavy (non-hydrogen) atoms. The molecule has 0 aromatic carbocycles. The van der Waals surface area contributed by atoms with Gasteiger partial charge in [-0.25, -0.2) is 13.1 Å². The third-order valence-electron chi connectivity index (χ3n) is 2.65. The van der Waals surface area contributed by atoms with E-state index in [-0.39, 0.29) is 11.8 Å². The van der Waals surface area contributed by atoms with Gasteiger partial charge in [0, 0.05) is 18.7 Å². The molecule has 1 aliphatic heterocycles. The second-order valence-corrected chi connectivity index (χ2v) is 6.69. The van der Waals surface area contributed by atoms with E-state index >= 15 is 0 Å². The van der Waals surface area contributed by atoms with E-state index in [4.69, 9.17) is 4.74 Å². The van der Waals surface area contributed by atoms with Crippen molar-refractivity contribution in [1.29, 1.82) is 0 Å². The summed E-state index contributed by atoms with van der Waals surface area (Å²) in [4.78, 5) is 0. The lowest BCUT2D eigenvalue weighted by Gasteiger charge is -2.23. The number of rotatable bonds is 7. The first-order valence-corrected chi connectivity index (χ1v) is 7.96. The number of hydrogen-bond donors (Lipinski definition) is 2. The van der Waals surface area contributed by atoms with Crippen molar-refractivity contribution < 1.29 is 13.2 Å². The molecule has 102 valence electrons. The van der Waals surface area contributed by atoms with Gasteiger partial charge in [-0.1, -0.05) is 13.8 Å². The van der Waals surface area contributed by atoms with Crippen LogP contribution in [0.25, 0.3) is 0 Å². The van der Waals surface area contributed by atoms with Gasteiger partial charge >= 0.3 is 0 Å². The van der Waals surface area contributed by atoms with Crippen molar-refractivity contribution >= 4 is 10.0 Å². The van der Waals surface area contributed by atoms with E-state index in [1.165, 1.54) is 0 Å². The van der Waals surface area contributed by atoms with Crippen LogP contribution in [0.4, 0.5) is 0 Å². The molecule has 1 saturated heterocycles. The fraction of sp³-hybridized carbons (Fsp3) is 1.00. The maximum atomic E-state index is 11.7. The SMILES string of the molecule is CC(C)NCCCS(=O)(=O)NC1CCCOC1. The molecule has 6 heteroatoms. The van der Waals surface area contributed by atoms with Crippen LogP contribution in [0.1, 0.15) is 33.1 Å². The lowest BCUT2D eigenvalue weighted by atomic mass is 10.1. The van der Waals surface area contributed by atoms with Gasteiger partial charge in [-0.3, -0.25) is 0 Å². The highest BCUT2D eigenvalue weighted by atomic mass is 32.2. The summed E-state index contributed by atoms with van der Waals surface area (Å²) in [7, 11) is -3.15. The van der Waals surface area contributed by atoms with Crippen molar-refractivity contribution in [3.8, 4) is 0 Å². The Morgan fingerprint density at radius 2 is 2.18 bits per heavy atom. The van der Waals surface area contributed by atoms with Gasteiger partial charge < -0.3 is 10.1 Å². The fourth-order valence-electron chi connectivity index (χ4n) is 1.80. The van der Waals surface area contributed by atoms with Crippen molar-refractivity contribution in [2.24, 2.45) is 0 Å². The van der Waals surface area contributed by atoms with Crippen LogP contribution in [0.15, 0.2) is 0 Å². The lowest BCUT2D eigenvalue weighted by molar-refractivity contribution is 0.0774. The van der Waals surface area contributed by atoms with E-state index < -0.39 is 10.0 Å². The van der Waals surface area contributed by atoms with Crippen LogP contribution in [0.2, 0.25) is 0 Å². The van der Waals surface area contributed by atoms with Gasteiger partial charge in [-0.05, 0) is 25.8 Å². The zero-order valence-corrected chi connectivity index (χ0v) is 11.6. The van der Waals surface area contributed by atoms with E-state index in [1.54, 1.807) is 0 Å². The Hall–Kier alpha value is -0.170. The molecule has 0 aliphatic carbocycles. The summed E-state index contributed by atoms with van der Waals surface area (Å²) in [5.41, 5.74) is 0. The summed E-state index contributed by atoms with van der Waals surface area (Å²) in [5.74, 6) is 0.184. The molecule has 0 bridgehead atoms. The molecule has 5 nitrogen and oxygen atoms in total. The van der Waals surface area contributed by atoms with Gasteiger partial charge in [-0.2, -0.15) is 0 Å². The highest BCUT2D eigenvalue weighted by Crippen LogP contribution is 2.07. The topological polar surface area (TPSA) is 67.4 Å². The van der Waals surface area contributed by atoms with Crippen LogP contribution in [0, 0.1) is 0 Å². The predicted molar refractivity (Wildman–Crippen MR) is 68.5 cm³/mol. The second-order valence-electron chi connectivity index (χ2n) is 4.81. The van der Waals surface area contributed by atoms with Gasteiger partial charge in [0.05, 0.1) is 12.4 Å². The molecule has 0 spiro atoms. The van der Waals surface area contributed by atoms with Gasteiger partial charge in [0.25, 0.3) is 0 Å². The third-order valence-corrected chi connectivity index (χ3v) is 4.17. The quantitative estimate of drug-likeness (QED) is 0.656. The minimum atomic E-state index is -3.15. The van der Waals surface area contributed by atoms with E-state index in [0.717, 1.165) is 26.0 Å². The zero-order valence-electron chi connectivity index (χ0n) is 10.7. The Morgan fingerprint density at radius 1 is 1.41 bits per heavy atom. The molecule has 0 radical (unpaired) electrons.